The van der Waals surface area contributed by atoms with Crippen LogP contribution in [0.2, 0.25) is 0 Å². The van der Waals surface area contributed by atoms with Crippen molar-refractivity contribution in [3.05, 3.63) is 18.0 Å². The van der Waals surface area contributed by atoms with E-state index in [4.69, 9.17) is 6.42 Å². The molecule has 0 aromatic carbocycles. The summed E-state index contributed by atoms with van der Waals surface area (Å²) in [5, 5.41) is 17.0. The molecule has 2 N–H and O–H groups in total. The average molecular weight is 258 g/mol. The molecule has 0 amide bonds. The smallest absolute Gasteiger partial charge is 0.339 e. The first-order valence-electron chi connectivity index (χ1n) is 5.85. The van der Waals surface area contributed by atoms with Crippen LogP contribution in [0.15, 0.2) is 12.4 Å². The van der Waals surface area contributed by atoms with E-state index in [1.807, 2.05) is 6.92 Å². The van der Waals surface area contributed by atoms with E-state index in [1.54, 1.807) is 17.9 Å². The highest BCUT2D eigenvalue weighted by molar-refractivity contribution is 6.03. The summed E-state index contributed by atoms with van der Waals surface area (Å²) >= 11 is 0. The lowest BCUT2D eigenvalue weighted by molar-refractivity contribution is 0.0697. The Labute approximate surface area is 110 Å². The number of fused-ring (bicyclic) bond motifs is 1. The zero-order chi connectivity index (χ0) is 14.0. The predicted molar refractivity (Wildman–Crippen MR) is 72.0 cm³/mol. The standard InChI is InChI=1S/C13H14N4O2/c1-4-8(5-2)16-11-9-7-15-17(3)12(9)14-6-10(11)13(18)19/h1,6-8H,5H2,2-3H3,(H,14,16)(H,18,19). The normalized spacial score (nSPS) is 12.1. The van der Waals surface area contributed by atoms with Crippen molar-refractivity contribution in [2.24, 2.45) is 7.05 Å². The fourth-order valence-corrected chi connectivity index (χ4v) is 1.85. The molecule has 0 aliphatic carbocycles. The van der Waals surface area contributed by atoms with Crippen molar-refractivity contribution in [3.63, 3.8) is 0 Å². The Hall–Kier alpha value is -2.55. The van der Waals surface area contributed by atoms with Crippen molar-refractivity contribution in [1.29, 1.82) is 0 Å². The predicted octanol–water partition coefficient (Wildman–Crippen LogP) is 1.49. The molecule has 0 spiro atoms. The minimum absolute atomic E-state index is 0.0919. The number of hydrogen-bond acceptors (Lipinski definition) is 4. The molecule has 0 bridgehead atoms. The number of aromatic nitrogens is 3. The molecule has 19 heavy (non-hydrogen) atoms. The Bertz CT molecular complexity index is 669. The molecule has 6 nitrogen and oxygen atoms in total. The van der Waals surface area contributed by atoms with E-state index in [1.165, 1.54) is 6.20 Å². The number of aromatic carboxylic acids is 1. The van der Waals surface area contributed by atoms with Crippen LogP contribution in [0.1, 0.15) is 23.7 Å². The SMILES string of the molecule is C#CC(CC)Nc1c(C(=O)O)cnc2c1cnn2C. The van der Waals surface area contributed by atoms with Gasteiger partial charge in [0.05, 0.1) is 23.3 Å². The second-order valence-electron chi connectivity index (χ2n) is 4.13. The zero-order valence-corrected chi connectivity index (χ0v) is 10.7. The van der Waals surface area contributed by atoms with Crippen LogP contribution in [0.3, 0.4) is 0 Å². The van der Waals surface area contributed by atoms with Crippen molar-refractivity contribution in [2.45, 2.75) is 19.4 Å². The van der Waals surface area contributed by atoms with Crippen molar-refractivity contribution < 1.29 is 9.90 Å². The first kappa shape index (κ1) is 12.9. The third-order valence-corrected chi connectivity index (χ3v) is 2.92. The highest BCUT2D eigenvalue weighted by Gasteiger charge is 2.18. The summed E-state index contributed by atoms with van der Waals surface area (Å²) in [7, 11) is 1.75. The van der Waals surface area contributed by atoms with Crippen LogP contribution >= 0.6 is 0 Å². The number of pyridine rings is 1. The van der Waals surface area contributed by atoms with E-state index in [0.29, 0.717) is 23.1 Å². The molecule has 0 aliphatic heterocycles. The van der Waals surface area contributed by atoms with Crippen LogP contribution in [0.5, 0.6) is 0 Å². The largest absolute Gasteiger partial charge is 0.478 e. The molecule has 6 heteroatoms. The Morgan fingerprint density at radius 1 is 1.63 bits per heavy atom. The van der Waals surface area contributed by atoms with Gasteiger partial charge in [-0.05, 0) is 6.42 Å². The summed E-state index contributed by atoms with van der Waals surface area (Å²) in [6.07, 6.45) is 9.01. The van der Waals surface area contributed by atoms with Gasteiger partial charge in [0.25, 0.3) is 0 Å². The Morgan fingerprint density at radius 3 is 2.95 bits per heavy atom. The highest BCUT2D eigenvalue weighted by Crippen LogP contribution is 2.26. The Balaban J connectivity index is 2.62. The first-order valence-corrected chi connectivity index (χ1v) is 5.85. The molecular weight excluding hydrogens is 244 g/mol. The highest BCUT2D eigenvalue weighted by atomic mass is 16.4. The number of carboxylic acids is 1. The molecule has 0 saturated heterocycles. The van der Waals surface area contributed by atoms with Crippen molar-refractivity contribution in [3.8, 4) is 12.3 Å². The van der Waals surface area contributed by atoms with Gasteiger partial charge in [0.15, 0.2) is 5.65 Å². The Morgan fingerprint density at radius 2 is 2.37 bits per heavy atom. The number of rotatable bonds is 4. The van der Waals surface area contributed by atoms with Crippen molar-refractivity contribution in [2.75, 3.05) is 5.32 Å². The van der Waals surface area contributed by atoms with E-state index in [9.17, 15) is 9.90 Å². The summed E-state index contributed by atoms with van der Waals surface area (Å²) in [6.45, 7) is 1.93. The summed E-state index contributed by atoms with van der Waals surface area (Å²) in [5.41, 5.74) is 1.17. The average Bonchev–Trinajstić information content (AvgIpc) is 2.77. The minimum Gasteiger partial charge on any atom is -0.478 e. The Kier molecular flexibility index (Phi) is 3.38. The molecule has 1 unspecified atom stereocenters. The van der Waals surface area contributed by atoms with Gasteiger partial charge in [0.1, 0.15) is 5.56 Å². The van der Waals surface area contributed by atoms with Crippen LogP contribution in [-0.4, -0.2) is 31.9 Å². The maximum absolute atomic E-state index is 11.3. The quantitative estimate of drug-likeness (QED) is 0.812. The van der Waals surface area contributed by atoms with Gasteiger partial charge in [-0.2, -0.15) is 5.10 Å². The van der Waals surface area contributed by atoms with Gasteiger partial charge in [-0.25, -0.2) is 9.78 Å². The van der Waals surface area contributed by atoms with Gasteiger partial charge < -0.3 is 10.4 Å². The maximum atomic E-state index is 11.3. The molecule has 0 saturated carbocycles. The number of nitrogens with zero attached hydrogens (tertiary/aromatic N) is 3. The van der Waals surface area contributed by atoms with Crippen molar-refractivity contribution in [1.82, 2.24) is 14.8 Å². The molecular formula is C13H14N4O2. The number of carboxylic acid groups (broad SMARTS) is 1. The molecule has 2 heterocycles. The number of terminal acetylenes is 1. The zero-order valence-electron chi connectivity index (χ0n) is 10.7. The topological polar surface area (TPSA) is 80.0 Å². The minimum atomic E-state index is -1.05. The lowest BCUT2D eigenvalue weighted by Gasteiger charge is -2.15. The monoisotopic (exact) mass is 258 g/mol. The number of anilines is 1. The van der Waals surface area contributed by atoms with E-state index >= 15 is 0 Å². The lowest BCUT2D eigenvalue weighted by atomic mass is 10.1. The van der Waals surface area contributed by atoms with E-state index in [0.717, 1.165) is 0 Å². The van der Waals surface area contributed by atoms with Gasteiger partial charge in [0.2, 0.25) is 0 Å². The molecule has 2 aromatic rings. The second kappa shape index (κ2) is 4.98. The molecule has 2 aromatic heterocycles. The summed E-state index contributed by atoms with van der Waals surface area (Å²) in [5.74, 6) is 1.54. The maximum Gasteiger partial charge on any atom is 0.339 e. The van der Waals surface area contributed by atoms with Crippen LogP contribution in [0.4, 0.5) is 5.69 Å². The molecule has 0 aliphatic rings. The fourth-order valence-electron chi connectivity index (χ4n) is 1.85. The van der Waals surface area contributed by atoms with Gasteiger partial charge >= 0.3 is 5.97 Å². The van der Waals surface area contributed by atoms with Gasteiger partial charge in [0, 0.05) is 13.2 Å². The van der Waals surface area contributed by atoms with E-state index < -0.39 is 5.97 Å². The lowest BCUT2D eigenvalue weighted by Crippen LogP contribution is -2.18. The number of aryl methyl sites for hydroxylation is 1. The third-order valence-electron chi connectivity index (χ3n) is 2.92. The molecule has 98 valence electrons. The van der Waals surface area contributed by atoms with E-state index in [2.05, 4.69) is 21.3 Å². The second-order valence-corrected chi connectivity index (χ2v) is 4.13. The van der Waals surface area contributed by atoms with Crippen LogP contribution in [0, 0.1) is 12.3 Å². The van der Waals surface area contributed by atoms with Crippen LogP contribution in [-0.2, 0) is 7.05 Å². The number of hydrogen-bond donors (Lipinski definition) is 2. The molecule has 0 radical (unpaired) electrons. The summed E-state index contributed by atoms with van der Waals surface area (Å²) in [6, 6.07) is -0.232. The molecule has 1 atom stereocenters. The van der Waals surface area contributed by atoms with Crippen LogP contribution in [0.25, 0.3) is 11.0 Å². The fraction of sp³-hybridized carbons (Fsp3) is 0.308. The van der Waals surface area contributed by atoms with Crippen molar-refractivity contribution >= 4 is 22.7 Å². The first-order chi connectivity index (χ1) is 9.08. The number of nitrogens with one attached hydrogen (secondary N) is 1. The van der Waals surface area contributed by atoms with Gasteiger partial charge in [-0.15, -0.1) is 6.42 Å². The van der Waals surface area contributed by atoms with E-state index in [-0.39, 0.29) is 11.6 Å². The van der Waals surface area contributed by atoms with Gasteiger partial charge in [-0.3, -0.25) is 4.68 Å². The van der Waals surface area contributed by atoms with Gasteiger partial charge in [-0.1, -0.05) is 12.8 Å². The summed E-state index contributed by atoms with van der Waals surface area (Å²) in [4.78, 5) is 15.4. The number of carbonyl (C=O) groups is 1. The summed E-state index contributed by atoms with van der Waals surface area (Å²) < 4.78 is 1.59. The molecule has 2 rings (SSSR count). The third kappa shape index (κ3) is 2.22. The van der Waals surface area contributed by atoms with Crippen LogP contribution < -0.4 is 5.32 Å². The molecule has 0 fully saturated rings.